The number of amides is 1. The van der Waals surface area contributed by atoms with Crippen molar-refractivity contribution in [2.24, 2.45) is 5.92 Å². The van der Waals surface area contributed by atoms with Gasteiger partial charge >= 0.3 is 0 Å². The highest BCUT2D eigenvalue weighted by Gasteiger charge is 2.39. The highest BCUT2D eigenvalue weighted by atomic mass is 16.5. The van der Waals surface area contributed by atoms with Crippen molar-refractivity contribution in [3.8, 4) is 23.1 Å². The molecule has 3 aromatic heterocycles. The Bertz CT molecular complexity index is 1760. The third-order valence-electron chi connectivity index (χ3n) is 8.64. The predicted octanol–water partition coefficient (Wildman–Crippen LogP) is 6.95. The quantitative estimate of drug-likeness (QED) is 0.161. The van der Waals surface area contributed by atoms with Crippen molar-refractivity contribution < 1.29 is 13.9 Å². The van der Waals surface area contributed by atoms with Gasteiger partial charge in [-0.3, -0.25) is 9.78 Å². The maximum Gasteiger partial charge on any atom is 0.295 e. The SMILES string of the molecule is COc1ccc(C(NC(=O)C(C)(Cc2c[nH]c3ccccc23)Nc2nc(-c3ccc(C#N)cc3)co2)C2CCCCC2)nc1. The van der Waals surface area contributed by atoms with E-state index in [1.54, 1.807) is 31.7 Å². The lowest BCUT2D eigenvalue weighted by Gasteiger charge is -2.35. The number of fused-ring (bicyclic) bond motifs is 1. The van der Waals surface area contributed by atoms with E-state index < -0.39 is 5.54 Å². The number of nitrogens with one attached hydrogen (secondary N) is 3. The molecule has 1 amide bonds. The van der Waals surface area contributed by atoms with E-state index >= 15 is 0 Å². The van der Waals surface area contributed by atoms with Gasteiger partial charge in [0.1, 0.15) is 23.2 Å². The molecule has 44 heavy (non-hydrogen) atoms. The van der Waals surface area contributed by atoms with Gasteiger partial charge in [0.2, 0.25) is 5.91 Å². The number of aromatic amines is 1. The van der Waals surface area contributed by atoms with Crippen molar-refractivity contribution in [3.05, 3.63) is 96.1 Å². The lowest BCUT2D eigenvalue weighted by molar-refractivity contribution is -0.126. The summed E-state index contributed by atoms with van der Waals surface area (Å²) in [5, 5.41) is 17.0. The average molecular weight is 589 g/mol. The standard InChI is InChI=1S/C35H36N6O3/c1-35(18-26-20-37-29-11-7-6-10-28(26)29,41-34-39-31(22-44-34)24-14-12-23(19-36)13-15-24)33(42)40-32(25-8-4-3-5-9-25)30-17-16-27(43-2)21-38-30/h6-7,10-17,20-22,25,32,37H,3-5,8-9,18H2,1-2H3,(H,39,41)(H,40,42). The number of nitriles is 1. The summed E-state index contributed by atoms with van der Waals surface area (Å²) >= 11 is 0. The van der Waals surface area contributed by atoms with Gasteiger partial charge in [-0.2, -0.15) is 10.2 Å². The Morgan fingerprint density at radius 1 is 1.14 bits per heavy atom. The van der Waals surface area contributed by atoms with Crippen LogP contribution in [0.3, 0.4) is 0 Å². The molecule has 5 aromatic rings. The second-order valence-corrected chi connectivity index (χ2v) is 11.7. The first kappa shape index (κ1) is 29.0. The van der Waals surface area contributed by atoms with Crippen LogP contribution in [-0.4, -0.2) is 33.5 Å². The molecular formula is C35H36N6O3. The molecule has 224 valence electrons. The van der Waals surface area contributed by atoms with Crippen LogP contribution < -0.4 is 15.4 Å². The number of H-pyrrole nitrogens is 1. The van der Waals surface area contributed by atoms with E-state index in [1.807, 2.05) is 55.6 Å². The fourth-order valence-electron chi connectivity index (χ4n) is 6.15. The number of rotatable bonds is 10. The molecule has 9 heteroatoms. The van der Waals surface area contributed by atoms with Crippen LogP contribution >= 0.6 is 0 Å². The van der Waals surface area contributed by atoms with Crippen molar-refractivity contribution in [1.82, 2.24) is 20.3 Å². The summed E-state index contributed by atoms with van der Waals surface area (Å²) in [6, 6.07) is 21.2. The number of methoxy groups -OCH3 is 1. The number of oxazole rings is 1. The molecule has 2 unspecified atom stereocenters. The van der Waals surface area contributed by atoms with E-state index in [4.69, 9.17) is 19.4 Å². The molecular weight excluding hydrogens is 552 g/mol. The summed E-state index contributed by atoms with van der Waals surface area (Å²) in [6.45, 7) is 1.88. The molecule has 3 N–H and O–H groups in total. The summed E-state index contributed by atoms with van der Waals surface area (Å²) in [4.78, 5) is 27.2. The predicted molar refractivity (Wildman–Crippen MR) is 169 cm³/mol. The topological polar surface area (TPSA) is 129 Å². The van der Waals surface area contributed by atoms with Crippen molar-refractivity contribution in [2.75, 3.05) is 12.4 Å². The highest BCUT2D eigenvalue weighted by molar-refractivity contribution is 5.91. The normalized spacial score (nSPS) is 15.7. The van der Waals surface area contributed by atoms with Crippen LogP contribution in [0.5, 0.6) is 5.75 Å². The third kappa shape index (κ3) is 6.16. The van der Waals surface area contributed by atoms with E-state index in [9.17, 15) is 4.79 Å². The lowest BCUT2D eigenvalue weighted by atomic mass is 9.81. The Balaban J connectivity index is 1.32. The molecule has 0 aliphatic heterocycles. The van der Waals surface area contributed by atoms with E-state index in [0.717, 1.165) is 53.4 Å². The molecule has 2 atom stereocenters. The van der Waals surface area contributed by atoms with Gasteiger partial charge in [0.15, 0.2) is 0 Å². The summed E-state index contributed by atoms with van der Waals surface area (Å²) in [5.41, 5.74) is 3.68. The number of anilines is 1. The fourth-order valence-corrected chi connectivity index (χ4v) is 6.15. The monoisotopic (exact) mass is 588 g/mol. The number of aromatic nitrogens is 3. The molecule has 6 rings (SSSR count). The van der Waals surface area contributed by atoms with Crippen LogP contribution in [0, 0.1) is 17.2 Å². The molecule has 1 fully saturated rings. The van der Waals surface area contributed by atoms with E-state index in [0.29, 0.717) is 23.4 Å². The minimum absolute atomic E-state index is 0.172. The number of hydrogen-bond donors (Lipinski definition) is 3. The molecule has 1 aliphatic carbocycles. The summed E-state index contributed by atoms with van der Waals surface area (Å²) in [7, 11) is 1.62. The molecule has 0 bridgehead atoms. The van der Waals surface area contributed by atoms with E-state index in [2.05, 4.69) is 32.7 Å². The zero-order valence-electron chi connectivity index (χ0n) is 25.0. The van der Waals surface area contributed by atoms with Crippen molar-refractivity contribution in [2.45, 2.75) is 57.0 Å². The number of pyridine rings is 1. The largest absolute Gasteiger partial charge is 0.495 e. The van der Waals surface area contributed by atoms with E-state index in [-0.39, 0.29) is 23.9 Å². The van der Waals surface area contributed by atoms with Crippen LogP contribution in [0.25, 0.3) is 22.2 Å². The smallest absolute Gasteiger partial charge is 0.295 e. The first-order chi connectivity index (χ1) is 21.5. The highest BCUT2D eigenvalue weighted by Crippen LogP contribution is 2.35. The van der Waals surface area contributed by atoms with Gasteiger partial charge < -0.3 is 24.8 Å². The number of carbonyl (C=O) groups excluding carboxylic acids is 1. The minimum atomic E-state index is -1.13. The Hall–Kier alpha value is -5.10. The molecule has 3 heterocycles. The Kier molecular flexibility index (Phi) is 8.33. The lowest BCUT2D eigenvalue weighted by Crippen LogP contribution is -2.53. The van der Waals surface area contributed by atoms with Crippen LogP contribution in [-0.2, 0) is 11.2 Å². The maximum atomic E-state index is 14.5. The molecule has 2 aromatic carbocycles. The van der Waals surface area contributed by atoms with Crippen LogP contribution in [0.1, 0.15) is 61.9 Å². The van der Waals surface area contributed by atoms with Gasteiger partial charge in [-0.1, -0.05) is 49.6 Å². The number of carbonyl (C=O) groups is 1. The summed E-state index contributed by atoms with van der Waals surface area (Å²) < 4.78 is 11.2. The second-order valence-electron chi connectivity index (χ2n) is 11.7. The first-order valence-electron chi connectivity index (χ1n) is 15.1. The maximum absolute atomic E-state index is 14.5. The number of benzene rings is 2. The van der Waals surface area contributed by atoms with Gasteiger partial charge in [0.05, 0.1) is 36.7 Å². The Labute approximate surface area is 256 Å². The van der Waals surface area contributed by atoms with Crippen molar-refractivity contribution in [1.29, 1.82) is 5.26 Å². The number of ether oxygens (including phenoxy) is 1. The summed E-state index contributed by atoms with van der Waals surface area (Å²) in [6.07, 6.45) is 11.1. The Morgan fingerprint density at radius 3 is 2.66 bits per heavy atom. The third-order valence-corrected chi connectivity index (χ3v) is 8.64. The van der Waals surface area contributed by atoms with Gasteiger partial charge in [-0.15, -0.1) is 0 Å². The molecule has 1 aliphatic rings. The van der Waals surface area contributed by atoms with Gasteiger partial charge in [-0.05, 0) is 61.6 Å². The van der Waals surface area contributed by atoms with Crippen molar-refractivity contribution in [3.63, 3.8) is 0 Å². The van der Waals surface area contributed by atoms with Gasteiger partial charge in [-0.25, -0.2) is 0 Å². The molecule has 1 saturated carbocycles. The van der Waals surface area contributed by atoms with Crippen LogP contribution in [0.4, 0.5) is 6.01 Å². The molecule has 0 radical (unpaired) electrons. The molecule has 0 saturated heterocycles. The molecule has 0 spiro atoms. The van der Waals surface area contributed by atoms with Gasteiger partial charge in [0, 0.05) is 29.1 Å². The number of para-hydroxylation sites is 1. The number of hydrogen-bond acceptors (Lipinski definition) is 7. The Morgan fingerprint density at radius 2 is 1.93 bits per heavy atom. The van der Waals surface area contributed by atoms with Gasteiger partial charge in [0.25, 0.3) is 6.01 Å². The average Bonchev–Trinajstić information content (AvgIpc) is 3.71. The fraction of sp³-hybridized carbons (Fsp3) is 0.314. The zero-order valence-corrected chi connectivity index (χ0v) is 25.0. The second kappa shape index (κ2) is 12.6. The summed E-state index contributed by atoms with van der Waals surface area (Å²) in [5.74, 6) is 0.778. The minimum Gasteiger partial charge on any atom is -0.495 e. The van der Waals surface area contributed by atoms with Crippen LogP contribution in [0.2, 0.25) is 0 Å². The molecule has 9 nitrogen and oxygen atoms in total. The van der Waals surface area contributed by atoms with Crippen molar-refractivity contribution >= 4 is 22.8 Å². The first-order valence-corrected chi connectivity index (χ1v) is 15.1. The zero-order chi connectivity index (χ0) is 30.5. The number of nitrogens with zero attached hydrogens (tertiary/aromatic N) is 3. The van der Waals surface area contributed by atoms with Crippen LogP contribution in [0.15, 0.2) is 83.7 Å². The van der Waals surface area contributed by atoms with E-state index in [1.165, 1.54) is 6.42 Å².